The second-order valence-electron chi connectivity index (χ2n) is 6.45. The average molecular weight is 310 g/mol. The van der Waals surface area contributed by atoms with Crippen LogP contribution in [0.1, 0.15) is 46.0 Å². The fourth-order valence-electron chi connectivity index (χ4n) is 3.18. The number of guanidine groups is 1. The zero-order valence-electron chi connectivity index (χ0n) is 14.6. The lowest BCUT2D eigenvalue weighted by atomic mass is 10.1. The van der Waals surface area contributed by atoms with E-state index in [1.165, 1.54) is 45.2 Å². The maximum absolute atomic E-state index is 4.72. The first-order valence-electron chi connectivity index (χ1n) is 9.32. The van der Waals surface area contributed by atoms with E-state index in [9.17, 15) is 0 Å². The van der Waals surface area contributed by atoms with Crippen LogP contribution in [0.15, 0.2) is 4.99 Å². The van der Waals surface area contributed by atoms with Crippen LogP contribution in [0.5, 0.6) is 0 Å². The summed E-state index contributed by atoms with van der Waals surface area (Å²) in [7, 11) is 0. The number of likely N-dealkylation sites (tertiary alicyclic amines) is 1. The van der Waals surface area contributed by atoms with Gasteiger partial charge in [-0.25, -0.2) is 0 Å². The summed E-state index contributed by atoms with van der Waals surface area (Å²) < 4.78 is 0. The van der Waals surface area contributed by atoms with Crippen molar-refractivity contribution in [2.45, 2.75) is 52.0 Å². The number of nitrogens with zero attached hydrogens (tertiary/aromatic N) is 3. The van der Waals surface area contributed by atoms with Crippen molar-refractivity contribution < 1.29 is 0 Å². The molecule has 2 rings (SSSR count). The molecule has 0 bridgehead atoms. The summed E-state index contributed by atoms with van der Waals surface area (Å²) in [5.74, 6) is 0.978. The summed E-state index contributed by atoms with van der Waals surface area (Å²) in [5, 5.41) is 6.84. The summed E-state index contributed by atoms with van der Waals surface area (Å²) in [6.07, 6.45) is 6.89. The highest BCUT2D eigenvalue weighted by molar-refractivity contribution is 5.79. The Morgan fingerprint density at radius 3 is 2.55 bits per heavy atom. The van der Waals surface area contributed by atoms with Crippen molar-refractivity contribution in [3.8, 4) is 0 Å². The lowest BCUT2D eigenvalue weighted by molar-refractivity contribution is 0.235. The van der Waals surface area contributed by atoms with Crippen LogP contribution >= 0.6 is 0 Å². The smallest absolute Gasteiger partial charge is 0.191 e. The molecular formula is C17H35N5. The molecule has 1 aliphatic heterocycles. The minimum Gasteiger partial charge on any atom is -0.357 e. The van der Waals surface area contributed by atoms with E-state index in [1.54, 1.807) is 0 Å². The first-order valence-corrected chi connectivity index (χ1v) is 9.32. The molecule has 5 heteroatoms. The second-order valence-corrected chi connectivity index (χ2v) is 6.45. The minimum absolute atomic E-state index is 0.852. The lowest BCUT2D eigenvalue weighted by Crippen LogP contribution is -2.42. The minimum atomic E-state index is 0.852. The standard InChI is InChI=1S/C17H35N5/c1-3-18-17(19-10-14-21-12-6-5-7-13-21)20-11-15-22(4-2)16-8-9-16/h16H,3-15H2,1-2H3,(H2,18,19,20). The molecule has 0 amide bonds. The highest BCUT2D eigenvalue weighted by atomic mass is 15.2. The van der Waals surface area contributed by atoms with Crippen LogP contribution in [0, 0.1) is 0 Å². The Labute approximate surface area is 136 Å². The molecule has 1 aliphatic carbocycles. The van der Waals surface area contributed by atoms with Crippen LogP contribution in [0.2, 0.25) is 0 Å². The van der Waals surface area contributed by atoms with E-state index in [-0.39, 0.29) is 0 Å². The van der Waals surface area contributed by atoms with Crippen molar-refractivity contribution in [3.05, 3.63) is 0 Å². The summed E-state index contributed by atoms with van der Waals surface area (Å²) in [6, 6.07) is 0.852. The lowest BCUT2D eigenvalue weighted by Gasteiger charge is -2.25. The van der Waals surface area contributed by atoms with Gasteiger partial charge in [0.1, 0.15) is 0 Å². The van der Waals surface area contributed by atoms with Crippen molar-refractivity contribution in [1.82, 2.24) is 20.4 Å². The van der Waals surface area contributed by atoms with E-state index in [0.29, 0.717) is 0 Å². The molecule has 0 unspecified atom stereocenters. The summed E-state index contributed by atoms with van der Waals surface area (Å²) in [4.78, 5) is 9.84. The van der Waals surface area contributed by atoms with Crippen LogP contribution in [-0.2, 0) is 0 Å². The molecular weight excluding hydrogens is 274 g/mol. The molecule has 0 spiro atoms. The fourth-order valence-corrected chi connectivity index (χ4v) is 3.18. The molecule has 1 saturated carbocycles. The van der Waals surface area contributed by atoms with Gasteiger partial charge in [0.25, 0.3) is 0 Å². The van der Waals surface area contributed by atoms with E-state index in [2.05, 4.69) is 34.3 Å². The molecule has 128 valence electrons. The van der Waals surface area contributed by atoms with Gasteiger partial charge < -0.3 is 15.5 Å². The molecule has 2 N–H and O–H groups in total. The van der Waals surface area contributed by atoms with Crippen molar-refractivity contribution in [2.75, 3.05) is 52.4 Å². The van der Waals surface area contributed by atoms with E-state index in [0.717, 1.165) is 51.3 Å². The van der Waals surface area contributed by atoms with Gasteiger partial charge in [0.2, 0.25) is 0 Å². The van der Waals surface area contributed by atoms with Gasteiger partial charge in [-0.3, -0.25) is 9.89 Å². The number of rotatable bonds is 9. The number of likely N-dealkylation sites (N-methyl/N-ethyl adjacent to an activating group) is 1. The van der Waals surface area contributed by atoms with Gasteiger partial charge in [-0.2, -0.15) is 0 Å². The maximum atomic E-state index is 4.72. The van der Waals surface area contributed by atoms with Crippen molar-refractivity contribution >= 4 is 5.96 Å². The van der Waals surface area contributed by atoms with Crippen LogP contribution in [0.25, 0.3) is 0 Å². The summed E-state index contributed by atoms with van der Waals surface area (Å²) in [5.41, 5.74) is 0. The Hall–Kier alpha value is -0.810. The monoisotopic (exact) mass is 309 g/mol. The van der Waals surface area contributed by atoms with Gasteiger partial charge in [-0.15, -0.1) is 0 Å². The van der Waals surface area contributed by atoms with Gasteiger partial charge in [0.05, 0.1) is 6.54 Å². The molecule has 0 aromatic carbocycles. The molecule has 0 radical (unpaired) electrons. The van der Waals surface area contributed by atoms with Gasteiger partial charge in [0.15, 0.2) is 5.96 Å². The van der Waals surface area contributed by atoms with E-state index in [1.807, 2.05) is 0 Å². The van der Waals surface area contributed by atoms with E-state index in [4.69, 9.17) is 4.99 Å². The van der Waals surface area contributed by atoms with E-state index < -0.39 is 0 Å². The zero-order chi connectivity index (χ0) is 15.6. The second kappa shape index (κ2) is 10.1. The largest absolute Gasteiger partial charge is 0.357 e. The Morgan fingerprint density at radius 2 is 1.91 bits per heavy atom. The van der Waals surface area contributed by atoms with Gasteiger partial charge >= 0.3 is 0 Å². The molecule has 22 heavy (non-hydrogen) atoms. The zero-order valence-corrected chi connectivity index (χ0v) is 14.6. The number of piperidine rings is 1. The highest BCUT2D eigenvalue weighted by Crippen LogP contribution is 2.25. The Bertz CT molecular complexity index is 321. The predicted octanol–water partition coefficient (Wildman–Crippen LogP) is 1.51. The highest BCUT2D eigenvalue weighted by Gasteiger charge is 2.27. The Morgan fingerprint density at radius 1 is 1.14 bits per heavy atom. The third kappa shape index (κ3) is 6.53. The van der Waals surface area contributed by atoms with Crippen LogP contribution in [-0.4, -0.2) is 74.2 Å². The quantitative estimate of drug-likeness (QED) is 0.500. The predicted molar refractivity (Wildman–Crippen MR) is 94.5 cm³/mol. The first kappa shape index (κ1) is 17.5. The average Bonchev–Trinajstić information content (AvgIpc) is 3.37. The molecule has 0 aromatic rings. The molecule has 2 aliphatic rings. The van der Waals surface area contributed by atoms with E-state index >= 15 is 0 Å². The number of aliphatic imine (C=N–C) groups is 1. The van der Waals surface area contributed by atoms with Gasteiger partial charge in [-0.1, -0.05) is 13.3 Å². The van der Waals surface area contributed by atoms with Gasteiger partial charge in [0, 0.05) is 32.2 Å². The van der Waals surface area contributed by atoms with Crippen LogP contribution in [0.3, 0.4) is 0 Å². The SMILES string of the molecule is CCNC(=NCCN1CCCCC1)NCCN(CC)C1CC1. The summed E-state index contributed by atoms with van der Waals surface area (Å²) in [6.45, 7) is 13.1. The first-order chi connectivity index (χ1) is 10.8. The summed E-state index contributed by atoms with van der Waals surface area (Å²) >= 11 is 0. The van der Waals surface area contributed by atoms with Crippen molar-refractivity contribution in [2.24, 2.45) is 4.99 Å². The number of hydrogen-bond donors (Lipinski definition) is 2. The third-order valence-electron chi connectivity index (χ3n) is 4.64. The van der Waals surface area contributed by atoms with Crippen LogP contribution < -0.4 is 10.6 Å². The van der Waals surface area contributed by atoms with Crippen LogP contribution in [0.4, 0.5) is 0 Å². The topological polar surface area (TPSA) is 42.9 Å². The third-order valence-corrected chi connectivity index (χ3v) is 4.64. The molecule has 0 atom stereocenters. The molecule has 1 saturated heterocycles. The molecule has 2 fully saturated rings. The Balaban J connectivity index is 1.64. The number of hydrogen-bond acceptors (Lipinski definition) is 3. The molecule has 5 nitrogen and oxygen atoms in total. The molecule has 1 heterocycles. The van der Waals surface area contributed by atoms with Crippen molar-refractivity contribution in [1.29, 1.82) is 0 Å². The molecule has 0 aromatic heterocycles. The van der Waals surface area contributed by atoms with Crippen molar-refractivity contribution in [3.63, 3.8) is 0 Å². The Kier molecular flexibility index (Phi) is 8.02. The maximum Gasteiger partial charge on any atom is 0.191 e. The van der Waals surface area contributed by atoms with Gasteiger partial charge in [-0.05, 0) is 52.2 Å². The normalized spacial score (nSPS) is 20.4. The number of nitrogens with one attached hydrogen (secondary N) is 2. The fraction of sp³-hybridized carbons (Fsp3) is 0.941.